The van der Waals surface area contributed by atoms with E-state index >= 15 is 0 Å². The van der Waals surface area contributed by atoms with Gasteiger partial charge < -0.3 is 4.57 Å². The molecule has 0 saturated heterocycles. The van der Waals surface area contributed by atoms with Crippen LogP contribution in [0.2, 0.25) is 6.55 Å². The SMILES string of the molecule is CC=C[SiH](C)N(CC)CC. The number of hydrogen-bond donors (Lipinski definition) is 0. The minimum absolute atomic E-state index is 0.664. The average molecular weight is 157 g/mol. The molecule has 2 heteroatoms. The summed E-state index contributed by atoms with van der Waals surface area (Å²) < 4.78 is 2.56. The Balaban J connectivity index is 3.75. The van der Waals surface area contributed by atoms with E-state index in [1.807, 2.05) is 0 Å². The van der Waals surface area contributed by atoms with E-state index in [-0.39, 0.29) is 0 Å². The van der Waals surface area contributed by atoms with Crippen molar-refractivity contribution in [3.8, 4) is 0 Å². The van der Waals surface area contributed by atoms with E-state index in [2.05, 4.69) is 43.7 Å². The summed E-state index contributed by atoms with van der Waals surface area (Å²) in [5.41, 5.74) is 2.37. The fourth-order valence-electron chi connectivity index (χ4n) is 1.20. The molecule has 1 nitrogen and oxygen atoms in total. The molecule has 0 spiro atoms. The maximum Gasteiger partial charge on any atom is 0.132 e. The highest BCUT2D eigenvalue weighted by molar-refractivity contribution is 6.59. The molecule has 0 aromatic heterocycles. The Morgan fingerprint density at radius 2 is 1.80 bits per heavy atom. The lowest BCUT2D eigenvalue weighted by atomic mass is 10.7. The topological polar surface area (TPSA) is 3.24 Å². The summed E-state index contributed by atoms with van der Waals surface area (Å²) >= 11 is 0. The van der Waals surface area contributed by atoms with Crippen molar-refractivity contribution in [3.63, 3.8) is 0 Å². The van der Waals surface area contributed by atoms with E-state index in [1.54, 1.807) is 0 Å². The van der Waals surface area contributed by atoms with E-state index in [0.717, 1.165) is 0 Å². The molecule has 60 valence electrons. The van der Waals surface area contributed by atoms with Gasteiger partial charge in [0.15, 0.2) is 0 Å². The highest BCUT2D eigenvalue weighted by Gasteiger charge is 2.05. The molecule has 0 aromatic rings. The highest BCUT2D eigenvalue weighted by atomic mass is 28.3. The standard InChI is InChI=1S/C8H19NSi/c1-5-8-10(4)9(6-2)7-3/h5,8,10H,6-7H2,1-4H3. The minimum Gasteiger partial charge on any atom is -0.323 e. The van der Waals surface area contributed by atoms with Crippen LogP contribution in [0.5, 0.6) is 0 Å². The molecule has 0 saturated carbocycles. The van der Waals surface area contributed by atoms with Crippen molar-refractivity contribution in [1.29, 1.82) is 0 Å². The van der Waals surface area contributed by atoms with E-state index in [9.17, 15) is 0 Å². The Morgan fingerprint density at radius 1 is 1.30 bits per heavy atom. The van der Waals surface area contributed by atoms with Crippen LogP contribution in [0.1, 0.15) is 20.8 Å². The Morgan fingerprint density at radius 3 is 2.10 bits per heavy atom. The van der Waals surface area contributed by atoms with Crippen LogP contribution in [0.25, 0.3) is 0 Å². The molecule has 1 unspecified atom stereocenters. The Hall–Kier alpha value is -0.0831. The second kappa shape index (κ2) is 5.68. The zero-order chi connectivity index (χ0) is 7.98. The summed E-state index contributed by atoms with van der Waals surface area (Å²) in [6.45, 7) is 11.3. The molecule has 0 aliphatic carbocycles. The predicted octanol–water partition coefficient (Wildman–Crippen LogP) is 1.80. The first-order valence-corrected chi connectivity index (χ1v) is 6.46. The molecule has 0 bridgehead atoms. The molecular formula is C8H19NSi. The summed E-state index contributed by atoms with van der Waals surface area (Å²) in [7, 11) is -0.664. The van der Waals surface area contributed by atoms with Crippen molar-refractivity contribution in [2.45, 2.75) is 27.3 Å². The number of hydrogen-bond acceptors (Lipinski definition) is 1. The van der Waals surface area contributed by atoms with Gasteiger partial charge in [-0.05, 0) is 20.0 Å². The van der Waals surface area contributed by atoms with Crippen molar-refractivity contribution < 1.29 is 0 Å². The second-order valence-corrected chi connectivity index (χ2v) is 5.08. The van der Waals surface area contributed by atoms with Crippen molar-refractivity contribution >= 4 is 8.96 Å². The van der Waals surface area contributed by atoms with Gasteiger partial charge in [-0.2, -0.15) is 0 Å². The lowest BCUT2D eigenvalue weighted by Gasteiger charge is -2.22. The Kier molecular flexibility index (Phi) is 5.64. The van der Waals surface area contributed by atoms with E-state index in [1.165, 1.54) is 13.1 Å². The third kappa shape index (κ3) is 3.18. The summed E-state index contributed by atoms with van der Waals surface area (Å²) in [6.07, 6.45) is 2.18. The molecule has 0 rings (SSSR count). The van der Waals surface area contributed by atoms with Gasteiger partial charge in [0.2, 0.25) is 0 Å². The monoisotopic (exact) mass is 157 g/mol. The van der Waals surface area contributed by atoms with Gasteiger partial charge in [-0.15, -0.1) is 0 Å². The normalized spacial score (nSPS) is 14.9. The maximum atomic E-state index is 2.56. The van der Waals surface area contributed by atoms with Crippen molar-refractivity contribution in [1.82, 2.24) is 4.57 Å². The van der Waals surface area contributed by atoms with Crippen LogP contribution in [-0.2, 0) is 0 Å². The van der Waals surface area contributed by atoms with E-state index in [4.69, 9.17) is 0 Å². The number of allylic oxidation sites excluding steroid dienone is 1. The molecule has 0 amide bonds. The number of nitrogens with zero attached hydrogens (tertiary/aromatic N) is 1. The van der Waals surface area contributed by atoms with Crippen molar-refractivity contribution in [2.75, 3.05) is 13.1 Å². The molecule has 0 fully saturated rings. The zero-order valence-corrected chi connectivity index (χ0v) is 8.75. The van der Waals surface area contributed by atoms with Crippen LogP contribution in [0.3, 0.4) is 0 Å². The molecule has 0 aliphatic heterocycles. The lowest BCUT2D eigenvalue weighted by Crippen LogP contribution is -2.35. The van der Waals surface area contributed by atoms with E-state index < -0.39 is 8.96 Å². The van der Waals surface area contributed by atoms with Gasteiger partial charge in [0, 0.05) is 0 Å². The van der Waals surface area contributed by atoms with Gasteiger partial charge in [-0.25, -0.2) is 0 Å². The van der Waals surface area contributed by atoms with Gasteiger partial charge in [0.25, 0.3) is 0 Å². The van der Waals surface area contributed by atoms with Crippen LogP contribution in [0.4, 0.5) is 0 Å². The second-order valence-electron chi connectivity index (χ2n) is 2.49. The van der Waals surface area contributed by atoms with Crippen LogP contribution < -0.4 is 0 Å². The molecule has 0 aromatic carbocycles. The summed E-state index contributed by atoms with van der Waals surface area (Å²) in [4.78, 5) is 0. The molecule has 0 N–H and O–H groups in total. The first-order chi connectivity index (χ1) is 4.76. The molecule has 0 heterocycles. The van der Waals surface area contributed by atoms with Gasteiger partial charge in [-0.3, -0.25) is 0 Å². The van der Waals surface area contributed by atoms with Crippen molar-refractivity contribution in [2.24, 2.45) is 0 Å². The smallest absolute Gasteiger partial charge is 0.132 e. The van der Waals surface area contributed by atoms with Crippen LogP contribution >= 0.6 is 0 Å². The minimum atomic E-state index is -0.664. The Bertz CT molecular complexity index is 97.4. The first kappa shape index (κ1) is 9.92. The largest absolute Gasteiger partial charge is 0.323 e. The first-order valence-electron chi connectivity index (χ1n) is 4.13. The van der Waals surface area contributed by atoms with Gasteiger partial charge in [0.1, 0.15) is 8.96 Å². The average Bonchev–Trinajstić information content (AvgIpc) is 1.91. The Labute approximate surface area is 66.4 Å². The van der Waals surface area contributed by atoms with Crippen LogP contribution in [0, 0.1) is 0 Å². The van der Waals surface area contributed by atoms with Gasteiger partial charge in [0.05, 0.1) is 0 Å². The predicted molar refractivity (Wildman–Crippen MR) is 50.7 cm³/mol. The lowest BCUT2D eigenvalue weighted by molar-refractivity contribution is 0.487. The van der Waals surface area contributed by atoms with E-state index in [0.29, 0.717) is 0 Å². The maximum absolute atomic E-state index is 2.56. The third-order valence-corrected chi connectivity index (χ3v) is 4.68. The third-order valence-electron chi connectivity index (χ3n) is 1.86. The molecular weight excluding hydrogens is 138 g/mol. The quantitative estimate of drug-likeness (QED) is 0.562. The summed E-state index contributed by atoms with van der Waals surface area (Å²) in [5, 5.41) is 0. The fourth-order valence-corrected chi connectivity index (χ4v) is 3.15. The van der Waals surface area contributed by atoms with Crippen molar-refractivity contribution in [3.05, 3.63) is 11.8 Å². The van der Waals surface area contributed by atoms with Crippen LogP contribution in [-0.4, -0.2) is 26.6 Å². The van der Waals surface area contributed by atoms with Gasteiger partial charge in [-0.1, -0.05) is 32.2 Å². The van der Waals surface area contributed by atoms with Crippen LogP contribution in [0.15, 0.2) is 11.8 Å². The van der Waals surface area contributed by atoms with Gasteiger partial charge >= 0.3 is 0 Å². The highest BCUT2D eigenvalue weighted by Crippen LogP contribution is 1.94. The number of rotatable bonds is 4. The summed E-state index contributed by atoms with van der Waals surface area (Å²) in [5.74, 6) is 0. The molecule has 0 aliphatic rings. The molecule has 0 radical (unpaired) electrons. The fraction of sp³-hybridized carbons (Fsp3) is 0.750. The molecule has 10 heavy (non-hydrogen) atoms. The summed E-state index contributed by atoms with van der Waals surface area (Å²) in [6, 6.07) is 0. The zero-order valence-electron chi connectivity index (χ0n) is 7.59. The molecule has 1 atom stereocenters.